The van der Waals surface area contributed by atoms with Gasteiger partial charge < -0.3 is 10.3 Å². The third-order valence-corrected chi connectivity index (χ3v) is 2.88. The van der Waals surface area contributed by atoms with Crippen molar-refractivity contribution in [1.82, 2.24) is 15.0 Å². The highest BCUT2D eigenvalue weighted by Gasteiger charge is 2.18. The van der Waals surface area contributed by atoms with Crippen LogP contribution in [0.25, 0.3) is 0 Å². The molecule has 1 saturated heterocycles. The zero-order chi connectivity index (χ0) is 11.4. The van der Waals surface area contributed by atoms with Gasteiger partial charge in [-0.05, 0) is 25.8 Å². The van der Waals surface area contributed by atoms with Crippen molar-refractivity contribution < 1.29 is 4.52 Å². The highest BCUT2D eigenvalue weighted by molar-refractivity contribution is 4.88. The minimum atomic E-state index is 0.302. The molecule has 2 heterocycles. The summed E-state index contributed by atoms with van der Waals surface area (Å²) in [5.74, 6) is 1.54. The van der Waals surface area contributed by atoms with E-state index in [0.29, 0.717) is 6.04 Å². The quantitative estimate of drug-likeness (QED) is 0.824. The summed E-state index contributed by atoms with van der Waals surface area (Å²) < 4.78 is 5.15. The van der Waals surface area contributed by atoms with Gasteiger partial charge >= 0.3 is 0 Å². The van der Waals surface area contributed by atoms with Crippen molar-refractivity contribution in [2.45, 2.75) is 45.2 Å². The van der Waals surface area contributed by atoms with Crippen molar-refractivity contribution in [3.05, 3.63) is 11.7 Å². The Hall–Kier alpha value is -0.940. The van der Waals surface area contributed by atoms with Gasteiger partial charge in [-0.2, -0.15) is 4.98 Å². The van der Waals surface area contributed by atoms with Gasteiger partial charge in [0.15, 0.2) is 5.82 Å². The van der Waals surface area contributed by atoms with Gasteiger partial charge in [0.2, 0.25) is 5.89 Å². The highest BCUT2D eigenvalue weighted by atomic mass is 16.5. The van der Waals surface area contributed by atoms with E-state index in [1.54, 1.807) is 0 Å². The number of hydrogen-bond donors (Lipinski definition) is 1. The molecule has 1 aromatic rings. The van der Waals surface area contributed by atoms with Gasteiger partial charge in [0, 0.05) is 19.0 Å². The third-order valence-electron chi connectivity index (χ3n) is 2.88. The zero-order valence-corrected chi connectivity index (χ0v) is 9.85. The average molecular weight is 224 g/mol. The second kappa shape index (κ2) is 5.41. The number of rotatable bonds is 4. The van der Waals surface area contributed by atoms with E-state index in [1.807, 2.05) is 0 Å². The van der Waals surface area contributed by atoms with Gasteiger partial charge in [-0.25, -0.2) is 0 Å². The molecule has 2 N–H and O–H groups in total. The van der Waals surface area contributed by atoms with Crippen LogP contribution in [0.15, 0.2) is 4.52 Å². The zero-order valence-electron chi connectivity index (χ0n) is 9.85. The maximum absolute atomic E-state index is 5.93. The van der Waals surface area contributed by atoms with Crippen LogP contribution in [0.3, 0.4) is 0 Å². The van der Waals surface area contributed by atoms with Crippen molar-refractivity contribution in [2.75, 3.05) is 13.1 Å². The first-order valence-corrected chi connectivity index (χ1v) is 6.07. The van der Waals surface area contributed by atoms with E-state index in [2.05, 4.69) is 22.0 Å². The second-order valence-corrected chi connectivity index (χ2v) is 4.49. The lowest BCUT2D eigenvalue weighted by Crippen LogP contribution is -2.42. The molecule has 1 aliphatic heterocycles. The normalized spacial score (nSPS) is 22.5. The molecule has 0 amide bonds. The highest BCUT2D eigenvalue weighted by Crippen LogP contribution is 2.11. The summed E-state index contributed by atoms with van der Waals surface area (Å²) in [6.07, 6.45) is 4.20. The van der Waals surface area contributed by atoms with Crippen LogP contribution in [0.4, 0.5) is 0 Å². The van der Waals surface area contributed by atoms with E-state index in [1.165, 1.54) is 6.42 Å². The topological polar surface area (TPSA) is 68.2 Å². The Morgan fingerprint density at radius 2 is 2.44 bits per heavy atom. The minimum Gasteiger partial charge on any atom is -0.339 e. The Morgan fingerprint density at radius 3 is 3.19 bits per heavy atom. The molecule has 1 fully saturated rings. The molecule has 2 rings (SSSR count). The smallest absolute Gasteiger partial charge is 0.226 e. The molecule has 0 bridgehead atoms. The second-order valence-electron chi connectivity index (χ2n) is 4.49. The van der Waals surface area contributed by atoms with Gasteiger partial charge in [0.25, 0.3) is 0 Å². The van der Waals surface area contributed by atoms with Crippen LogP contribution in [-0.2, 0) is 13.0 Å². The minimum absolute atomic E-state index is 0.302. The Bertz CT molecular complexity index is 326. The van der Waals surface area contributed by atoms with E-state index in [4.69, 9.17) is 10.3 Å². The summed E-state index contributed by atoms with van der Waals surface area (Å²) in [7, 11) is 0. The Labute approximate surface area is 96.0 Å². The molecule has 0 saturated carbocycles. The van der Waals surface area contributed by atoms with Crippen molar-refractivity contribution in [3.63, 3.8) is 0 Å². The molecule has 5 nitrogen and oxygen atoms in total. The van der Waals surface area contributed by atoms with Crippen LogP contribution in [0, 0.1) is 0 Å². The molecular formula is C11H20N4O. The summed E-state index contributed by atoms with van der Waals surface area (Å²) in [5, 5.41) is 3.99. The number of aryl methyl sites for hydroxylation is 1. The van der Waals surface area contributed by atoms with Crippen LogP contribution in [-0.4, -0.2) is 34.2 Å². The average Bonchev–Trinajstić information content (AvgIpc) is 2.66. The van der Waals surface area contributed by atoms with E-state index >= 15 is 0 Å². The molecule has 0 spiro atoms. The van der Waals surface area contributed by atoms with Gasteiger partial charge in [0.05, 0.1) is 6.54 Å². The van der Waals surface area contributed by atoms with E-state index < -0.39 is 0 Å². The molecule has 0 radical (unpaired) electrons. The van der Waals surface area contributed by atoms with E-state index in [0.717, 1.165) is 50.6 Å². The van der Waals surface area contributed by atoms with Crippen LogP contribution in [0.5, 0.6) is 0 Å². The molecule has 5 heteroatoms. The Kier molecular flexibility index (Phi) is 3.90. The predicted molar refractivity (Wildman–Crippen MR) is 60.8 cm³/mol. The summed E-state index contributed by atoms with van der Waals surface area (Å²) in [4.78, 5) is 6.66. The third kappa shape index (κ3) is 3.02. The van der Waals surface area contributed by atoms with Crippen molar-refractivity contribution >= 4 is 0 Å². The molecule has 1 unspecified atom stereocenters. The van der Waals surface area contributed by atoms with Crippen LogP contribution < -0.4 is 5.73 Å². The standard InChI is InChI=1S/C11H20N4O/c1-2-4-11-13-10(14-16-11)8-15-6-3-5-9(12)7-15/h9H,2-8,12H2,1H3. The fourth-order valence-corrected chi connectivity index (χ4v) is 2.10. The van der Waals surface area contributed by atoms with Gasteiger partial charge in [-0.1, -0.05) is 12.1 Å². The van der Waals surface area contributed by atoms with Gasteiger partial charge in [0.1, 0.15) is 0 Å². The first-order valence-electron chi connectivity index (χ1n) is 6.07. The monoisotopic (exact) mass is 224 g/mol. The molecule has 1 atom stereocenters. The van der Waals surface area contributed by atoms with Gasteiger partial charge in [-0.3, -0.25) is 4.90 Å². The molecule has 90 valence electrons. The number of nitrogens with two attached hydrogens (primary N) is 1. The van der Waals surface area contributed by atoms with Crippen molar-refractivity contribution in [2.24, 2.45) is 5.73 Å². The summed E-state index contributed by atoms with van der Waals surface area (Å²) >= 11 is 0. The van der Waals surface area contributed by atoms with Crippen molar-refractivity contribution in [3.8, 4) is 0 Å². The largest absolute Gasteiger partial charge is 0.339 e. The Morgan fingerprint density at radius 1 is 1.56 bits per heavy atom. The number of piperidine rings is 1. The van der Waals surface area contributed by atoms with E-state index in [9.17, 15) is 0 Å². The van der Waals surface area contributed by atoms with Crippen molar-refractivity contribution in [1.29, 1.82) is 0 Å². The number of hydrogen-bond acceptors (Lipinski definition) is 5. The molecule has 1 aromatic heterocycles. The van der Waals surface area contributed by atoms with Gasteiger partial charge in [-0.15, -0.1) is 0 Å². The van der Waals surface area contributed by atoms with Crippen LogP contribution >= 0.6 is 0 Å². The lowest BCUT2D eigenvalue weighted by Gasteiger charge is -2.29. The predicted octanol–water partition coefficient (Wildman–Crippen LogP) is 0.945. The number of nitrogens with zero attached hydrogens (tertiary/aromatic N) is 3. The first-order chi connectivity index (χ1) is 7.78. The van der Waals surface area contributed by atoms with E-state index in [-0.39, 0.29) is 0 Å². The van der Waals surface area contributed by atoms with Crippen LogP contribution in [0.2, 0.25) is 0 Å². The molecule has 0 aromatic carbocycles. The summed E-state index contributed by atoms with van der Waals surface area (Å²) in [5.41, 5.74) is 5.93. The fourth-order valence-electron chi connectivity index (χ4n) is 2.10. The molecule has 1 aliphatic rings. The van der Waals surface area contributed by atoms with Crippen LogP contribution in [0.1, 0.15) is 37.9 Å². The molecular weight excluding hydrogens is 204 g/mol. The lowest BCUT2D eigenvalue weighted by molar-refractivity contribution is 0.195. The molecule has 16 heavy (non-hydrogen) atoms. The maximum atomic E-state index is 5.93. The summed E-state index contributed by atoms with van der Waals surface area (Å²) in [6, 6.07) is 0.302. The SMILES string of the molecule is CCCc1nc(CN2CCCC(N)C2)no1. The number of likely N-dealkylation sites (tertiary alicyclic amines) is 1. The first kappa shape index (κ1) is 11.5. The fraction of sp³-hybridized carbons (Fsp3) is 0.818. The maximum Gasteiger partial charge on any atom is 0.226 e. The summed E-state index contributed by atoms with van der Waals surface area (Å²) in [6.45, 7) is 4.90. The Balaban J connectivity index is 1.87. The molecule has 0 aliphatic carbocycles. The lowest BCUT2D eigenvalue weighted by atomic mass is 10.1. The number of aromatic nitrogens is 2.